The van der Waals surface area contributed by atoms with Crippen molar-refractivity contribution in [1.82, 2.24) is 0 Å². The lowest BCUT2D eigenvalue weighted by Crippen LogP contribution is -2.29. The molecule has 1 fully saturated rings. The minimum atomic E-state index is -0.0510. The Morgan fingerprint density at radius 3 is 2.88 bits per heavy atom. The molecule has 1 aliphatic heterocycles. The first kappa shape index (κ1) is 11.3. The van der Waals surface area contributed by atoms with Crippen LogP contribution in [0.4, 0.5) is 0 Å². The summed E-state index contributed by atoms with van der Waals surface area (Å²) < 4.78 is 11.0. The van der Waals surface area contributed by atoms with E-state index in [1.165, 1.54) is 0 Å². The summed E-state index contributed by atoms with van der Waals surface area (Å²) in [6.07, 6.45) is 0.995. The average molecular weight is 220 g/mol. The zero-order chi connectivity index (χ0) is 11.2. The summed E-state index contributed by atoms with van der Waals surface area (Å²) in [4.78, 5) is 11.2. The number of hydrogen-bond donors (Lipinski definition) is 0. The molecule has 0 saturated carbocycles. The van der Waals surface area contributed by atoms with E-state index in [1.807, 2.05) is 30.3 Å². The number of carbonyl (C=O) groups excluding carboxylic acids is 1. The molecule has 1 heterocycles. The Morgan fingerprint density at radius 2 is 2.12 bits per heavy atom. The van der Waals surface area contributed by atoms with Crippen molar-refractivity contribution in [3.8, 4) is 0 Å². The molecule has 1 aliphatic rings. The summed E-state index contributed by atoms with van der Waals surface area (Å²) in [5, 5.41) is 0. The van der Waals surface area contributed by atoms with E-state index in [0.29, 0.717) is 32.7 Å². The van der Waals surface area contributed by atoms with Crippen LogP contribution in [0.5, 0.6) is 0 Å². The molecule has 16 heavy (non-hydrogen) atoms. The van der Waals surface area contributed by atoms with Gasteiger partial charge in [0.25, 0.3) is 0 Å². The summed E-state index contributed by atoms with van der Waals surface area (Å²) in [5.41, 5.74) is 1.14. The van der Waals surface area contributed by atoms with Crippen molar-refractivity contribution in [2.75, 3.05) is 13.2 Å². The maximum Gasteiger partial charge on any atom is 0.137 e. The van der Waals surface area contributed by atoms with Gasteiger partial charge in [0.2, 0.25) is 0 Å². The van der Waals surface area contributed by atoms with Crippen LogP contribution in [0.25, 0.3) is 0 Å². The quantitative estimate of drug-likeness (QED) is 0.778. The fourth-order valence-corrected chi connectivity index (χ4v) is 1.74. The molecule has 0 aliphatic carbocycles. The van der Waals surface area contributed by atoms with Gasteiger partial charge in [-0.2, -0.15) is 0 Å². The number of carbonyl (C=O) groups is 1. The van der Waals surface area contributed by atoms with Crippen molar-refractivity contribution < 1.29 is 14.3 Å². The predicted molar refractivity (Wildman–Crippen MR) is 60.1 cm³/mol. The molecule has 1 aromatic rings. The fraction of sp³-hybridized carbons (Fsp3) is 0.462. The molecule has 0 spiro atoms. The first-order valence-corrected chi connectivity index (χ1v) is 5.59. The van der Waals surface area contributed by atoms with Crippen LogP contribution in [0.3, 0.4) is 0 Å². The highest BCUT2D eigenvalue weighted by Gasteiger charge is 2.19. The summed E-state index contributed by atoms with van der Waals surface area (Å²) >= 11 is 0. The molecule has 2 rings (SSSR count). The minimum Gasteiger partial charge on any atom is -0.375 e. The van der Waals surface area contributed by atoms with Crippen molar-refractivity contribution >= 4 is 5.78 Å². The van der Waals surface area contributed by atoms with Gasteiger partial charge in [0, 0.05) is 12.8 Å². The number of benzene rings is 1. The molecule has 0 N–H and O–H groups in total. The van der Waals surface area contributed by atoms with Crippen molar-refractivity contribution in [2.45, 2.75) is 25.6 Å². The highest BCUT2D eigenvalue weighted by Crippen LogP contribution is 2.11. The topological polar surface area (TPSA) is 35.5 Å². The summed E-state index contributed by atoms with van der Waals surface area (Å²) in [6, 6.07) is 9.99. The van der Waals surface area contributed by atoms with Crippen molar-refractivity contribution in [3.05, 3.63) is 35.9 Å². The molecule has 0 aromatic heterocycles. The van der Waals surface area contributed by atoms with Crippen LogP contribution in [-0.2, 0) is 20.9 Å². The van der Waals surface area contributed by atoms with Gasteiger partial charge in [-0.25, -0.2) is 0 Å². The highest BCUT2D eigenvalue weighted by atomic mass is 16.5. The number of ketones is 1. The predicted octanol–water partition coefficient (Wildman–Crippen LogP) is 1.95. The van der Waals surface area contributed by atoms with Crippen LogP contribution in [-0.4, -0.2) is 25.1 Å². The van der Waals surface area contributed by atoms with Crippen LogP contribution in [0.15, 0.2) is 30.3 Å². The van der Waals surface area contributed by atoms with Gasteiger partial charge < -0.3 is 9.47 Å². The van der Waals surface area contributed by atoms with Crippen LogP contribution in [0, 0.1) is 0 Å². The maximum absolute atomic E-state index is 11.2. The summed E-state index contributed by atoms with van der Waals surface area (Å²) in [7, 11) is 0. The Hall–Kier alpha value is -1.19. The van der Waals surface area contributed by atoms with E-state index in [-0.39, 0.29) is 11.9 Å². The first-order valence-electron chi connectivity index (χ1n) is 5.59. The molecule has 1 unspecified atom stereocenters. The normalized spacial score (nSPS) is 21.0. The van der Waals surface area contributed by atoms with E-state index in [9.17, 15) is 4.79 Å². The molecule has 1 saturated heterocycles. The lowest BCUT2D eigenvalue weighted by molar-refractivity contribution is -0.131. The SMILES string of the molecule is O=C1CCOC(COCc2ccccc2)C1. The Bertz CT molecular complexity index is 334. The third kappa shape index (κ3) is 3.43. The van der Waals surface area contributed by atoms with Crippen molar-refractivity contribution in [3.63, 3.8) is 0 Å². The summed E-state index contributed by atoms with van der Waals surface area (Å²) in [5.74, 6) is 0.277. The maximum atomic E-state index is 11.2. The number of ether oxygens (including phenoxy) is 2. The molecule has 1 aromatic carbocycles. The van der Waals surface area contributed by atoms with Gasteiger partial charge in [0.1, 0.15) is 5.78 Å². The molecule has 0 bridgehead atoms. The standard InChI is InChI=1S/C13H16O3/c14-12-6-7-16-13(8-12)10-15-9-11-4-2-1-3-5-11/h1-5,13H,6-10H2. The van der Waals surface area contributed by atoms with Gasteiger partial charge in [-0.3, -0.25) is 4.79 Å². The second-order valence-electron chi connectivity index (χ2n) is 3.99. The monoisotopic (exact) mass is 220 g/mol. The van der Waals surface area contributed by atoms with E-state index in [1.54, 1.807) is 0 Å². The van der Waals surface area contributed by atoms with Crippen LogP contribution in [0.2, 0.25) is 0 Å². The number of rotatable bonds is 4. The molecule has 1 atom stereocenters. The van der Waals surface area contributed by atoms with E-state index < -0.39 is 0 Å². The Morgan fingerprint density at radius 1 is 1.31 bits per heavy atom. The lowest BCUT2D eigenvalue weighted by Gasteiger charge is -2.21. The third-order valence-electron chi connectivity index (χ3n) is 2.61. The second kappa shape index (κ2) is 5.77. The first-order chi connectivity index (χ1) is 7.84. The van der Waals surface area contributed by atoms with E-state index >= 15 is 0 Å². The smallest absolute Gasteiger partial charge is 0.137 e. The van der Waals surface area contributed by atoms with E-state index in [0.717, 1.165) is 5.56 Å². The molecule has 3 nitrogen and oxygen atoms in total. The van der Waals surface area contributed by atoms with Crippen molar-refractivity contribution in [2.24, 2.45) is 0 Å². The summed E-state index contributed by atoms with van der Waals surface area (Å²) in [6.45, 7) is 1.62. The largest absolute Gasteiger partial charge is 0.375 e. The number of hydrogen-bond acceptors (Lipinski definition) is 3. The zero-order valence-corrected chi connectivity index (χ0v) is 9.22. The Kier molecular flexibility index (Phi) is 4.08. The highest BCUT2D eigenvalue weighted by molar-refractivity contribution is 5.79. The third-order valence-corrected chi connectivity index (χ3v) is 2.61. The van der Waals surface area contributed by atoms with Crippen LogP contribution in [0.1, 0.15) is 18.4 Å². The zero-order valence-electron chi connectivity index (χ0n) is 9.22. The molecule has 0 radical (unpaired) electrons. The van der Waals surface area contributed by atoms with E-state index in [4.69, 9.17) is 9.47 Å². The second-order valence-corrected chi connectivity index (χ2v) is 3.99. The minimum absolute atomic E-state index is 0.0510. The molecular formula is C13H16O3. The van der Waals surface area contributed by atoms with E-state index in [2.05, 4.69) is 0 Å². The van der Waals surface area contributed by atoms with Gasteiger partial charge in [-0.05, 0) is 5.56 Å². The molecule has 3 heteroatoms. The van der Waals surface area contributed by atoms with Gasteiger partial charge in [0.15, 0.2) is 0 Å². The van der Waals surface area contributed by atoms with Gasteiger partial charge in [-0.1, -0.05) is 30.3 Å². The van der Waals surface area contributed by atoms with Gasteiger partial charge >= 0.3 is 0 Å². The molecule has 86 valence electrons. The van der Waals surface area contributed by atoms with Crippen molar-refractivity contribution in [1.29, 1.82) is 0 Å². The molecular weight excluding hydrogens is 204 g/mol. The fourth-order valence-electron chi connectivity index (χ4n) is 1.74. The lowest BCUT2D eigenvalue weighted by atomic mass is 10.1. The number of Topliss-reactive ketones (excluding diaryl/α,β-unsaturated/α-hetero) is 1. The van der Waals surface area contributed by atoms with Crippen LogP contribution >= 0.6 is 0 Å². The van der Waals surface area contributed by atoms with Gasteiger partial charge in [-0.15, -0.1) is 0 Å². The Labute approximate surface area is 95.4 Å². The van der Waals surface area contributed by atoms with Gasteiger partial charge in [0.05, 0.1) is 25.9 Å². The Balaban J connectivity index is 1.70. The average Bonchev–Trinajstić information content (AvgIpc) is 2.30. The van der Waals surface area contributed by atoms with Crippen LogP contribution < -0.4 is 0 Å². The molecule has 0 amide bonds.